The Morgan fingerprint density at radius 1 is 1.08 bits per heavy atom. The molecule has 5 nitrogen and oxygen atoms in total. The van der Waals surface area contributed by atoms with E-state index >= 15 is 0 Å². The van der Waals surface area contributed by atoms with E-state index < -0.39 is 0 Å². The molecule has 0 unspecified atom stereocenters. The molecule has 2 aliphatic rings. The van der Waals surface area contributed by atoms with Crippen LogP contribution in [-0.2, 0) is 16.0 Å². The maximum atomic E-state index is 12.0. The van der Waals surface area contributed by atoms with Gasteiger partial charge in [0.25, 0.3) is 0 Å². The lowest BCUT2D eigenvalue weighted by Gasteiger charge is -2.15. The summed E-state index contributed by atoms with van der Waals surface area (Å²) in [5.41, 5.74) is 1.94. The van der Waals surface area contributed by atoms with Crippen LogP contribution in [-0.4, -0.2) is 42.9 Å². The number of carbonyl (C=O) groups excluding carboxylic acids is 2. The summed E-state index contributed by atoms with van der Waals surface area (Å²) in [7, 11) is 0. The van der Waals surface area contributed by atoms with Crippen molar-refractivity contribution in [2.75, 3.05) is 31.5 Å². The Morgan fingerprint density at radius 3 is 2.46 bits per heavy atom. The summed E-state index contributed by atoms with van der Waals surface area (Å²) in [5, 5.41) is 6.08. The number of hydrogen-bond donors (Lipinski definition) is 2. The fraction of sp³-hybridized carbons (Fsp3) is 0.579. The number of nitrogens with one attached hydrogen (secondary N) is 2. The molecule has 24 heavy (non-hydrogen) atoms. The number of aryl methyl sites for hydroxylation is 1. The van der Waals surface area contributed by atoms with Crippen molar-refractivity contribution in [1.29, 1.82) is 0 Å². The van der Waals surface area contributed by atoms with Crippen molar-refractivity contribution in [3.05, 3.63) is 29.8 Å². The van der Waals surface area contributed by atoms with Crippen LogP contribution < -0.4 is 10.6 Å². The first kappa shape index (κ1) is 17.0. The first-order valence-corrected chi connectivity index (χ1v) is 9.08. The average Bonchev–Trinajstić information content (AvgIpc) is 3.24. The van der Waals surface area contributed by atoms with E-state index in [4.69, 9.17) is 0 Å². The zero-order chi connectivity index (χ0) is 16.8. The minimum absolute atomic E-state index is 0.00684. The number of benzene rings is 1. The topological polar surface area (TPSA) is 61.4 Å². The molecule has 2 fully saturated rings. The first-order valence-electron chi connectivity index (χ1n) is 9.08. The highest BCUT2D eigenvalue weighted by molar-refractivity contribution is 5.92. The van der Waals surface area contributed by atoms with Gasteiger partial charge in [0.1, 0.15) is 0 Å². The van der Waals surface area contributed by atoms with Crippen LogP contribution >= 0.6 is 0 Å². The smallest absolute Gasteiger partial charge is 0.238 e. The summed E-state index contributed by atoms with van der Waals surface area (Å²) in [6.07, 6.45) is 6.17. The van der Waals surface area contributed by atoms with Crippen LogP contribution in [0.15, 0.2) is 24.3 Å². The van der Waals surface area contributed by atoms with Crippen molar-refractivity contribution in [2.24, 2.45) is 5.92 Å². The maximum absolute atomic E-state index is 12.0. The third-order valence-corrected chi connectivity index (χ3v) is 4.74. The number of carbonyl (C=O) groups is 2. The van der Waals surface area contributed by atoms with Crippen molar-refractivity contribution in [2.45, 2.75) is 38.5 Å². The van der Waals surface area contributed by atoms with Crippen molar-refractivity contribution >= 4 is 17.5 Å². The Morgan fingerprint density at radius 2 is 1.79 bits per heavy atom. The van der Waals surface area contributed by atoms with Gasteiger partial charge in [0.15, 0.2) is 0 Å². The van der Waals surface area contributed by atoms with Gasteiger partial charge in [-0.1, -0.05) is 12.1 Å². The molecule has 1 heterocycles. The molecule has 1 aromatic carbocycles. The number of rotatable bonds is 8. The monoisotopic (exact) mass is 329 g/mol. The normalized spacial score (nSPS) is 17.1. The molecule has 1 aliphatic carbocycles. The Kier molecular flexibility index (Phi) is 5.86. The lowest BCUT2D eigenvalue weighted by molar-refractivity contribution is -0.130. The molecule has 0 atom stereocenters. The fourth-order valence-corrected chi connectivity index (χ4v) is 3.05. The van der Waals surface area contributed by atoms with Gasteiger partial charge < -0.3 is 15.5 Å². The van der Waals surface area contributed by atoms with Gasteiger partial charge in [-0.2, -0.15) is 0 Å². The van der Waals surface area contributed by atoms with E-state index in [1.54, 1.807) is 0 Å². The fourth-order valence-electron chi connectivity index (χ4n) is 3.05. The van der Waals surface area contributed by atoms with Gasteiger partial charge in [-0.25, -0.2) is 0 Å². The Labute approximate surface area is 143 Å². The van der Waals surface area contributed by atoms with Gasteiger partial charge in [-0.3, -0.25) is 9.59 Å². The van der Waals surface area contributed by atoms with Gasteiger partial charge in [0.05, 0.1) is 6.54 Å². The predicted molar refractivity (Wildman–Crippen MR) is 94.8 cm³/mol. The molecular formula is C19H27N3O2. The van der Waals surface area contributed by atoms with Crippen LogP contribution in [0.5, 0.6) is 0 Å². The van der Waals surface area contributed by atoms with Crippen LogP contribution in [0.1, 0.15) is 37.7 Å². The van der Waals surface area contributed by atoms with Crippen LogP contribution in [0.2, 0.25) is 0 Å². The molecule has 1 aromatic rings. The molecule has 0 spiro atoms. The summed E-state index contributed by atoms with van der Waals surface area (Å²) < 4.78 is 0. The summed E-state index contributed by atoms with van der Waals surface area (Å²) >= 11 is 0. The van der Waals surface area contributed by atoms with Crippen LogP contribution in [0.4, 0.5) is 5.69 Å². The molecule has 130 valence electrons. The van der Waals surface area contributed by atoms with Crippen molar-refractivity contribution < 1.29 is 9.59 Å². The van der Waals surface area contributed by atoms with Crippen LogP contribution in [0.3, 0.4) is 0 Å². The minimum atomic E-state index is -0.00684. The molecule has 2 amide bonds. The third kappa shape index (κ3) is 5.34. The summed E-state index contributed by atoms with van der Waals surface area (Å²) in [6, 6.07) is 7.80. The minimum Gasteiger partial charge on any atom is -0.343 e. The zero-order valence-electron chi connectivity index (χ0n) is 14.2. The Bertz CT molecular complexity index is 560. The standard InChI is InChI=1S/C19H27N3O2/c23-18(14-20-13-16-3-4-16)21-17-8-5-15(6-9-17)7-10-19(24)22-11-1-2-12-22/h5-6,8-9,16,20H,1-4,7,10-14H2,(H,21,23). The second kappa shape index (κ2) is 8.29. The highest BCUT2D eigenvalue weighted by Crippen LogP contribution is 2.27. The molecule has 0 aromatic heterocycles. The quantitative estimate of drug-likeness (QED) is 0.768. The number of anilines is 1. The zero-order valence-corrected chi connectivity index (χ0v) is 14.2. The average molecular weight is 329 g/mol. The molecule has 1 saturated carbocycles. The highest BCUT2D eigenvalue weighted by Gasteiger charge is 2.20. The van der Waals surface area contributed by atoms with E-state index in [0.29, 0.717) is 13.0 Å². The highest BCUT2D eigenvalue weighted by atomic mass is 16.2. The van der Waals surface area contributed by atoms with E-state index in [-0.39, 0.29) is 11.8 Å². The van der Waals surface area contributed by atoms with E-state index in [1.807, 2.05) is 29.2 Å². The van der Waals surface area contributed by atoms with Gasteiger partial charge >= 0.3 is 0 Å². The summed E-state index contributed by atoms with van der Waals surface area (Å²) in [4.78, 5) is 25.8. The lowest BCUT2D eigenvalue weighted by Crippen LogP contribution is -2.29. The lowest BCUT2D eigenvalue weighted by atomic mass is 10.1. The van der Waals surface area contributed by atoms with E-state index in [0.717, 1.165) is 56.1 Å². The molecule has 3 rings (SSSR count). The molecular weight excluding hydrogens is 302 g/mol. The van der Waals surface area contributed by atoms with E-state index in [1.165, 1.54) is 12.8 Å². The first-order chi connectivity index (χ1) is 11.7. The maximum Gasteiger partial charge on any atom is 0.238 e. The second-order valence-electron chi connectivity index (χ2n) is 6.91. The van der Waals surface area contributed by atoms with E-state index in [9.17, 15) is 9.59 Å². The molecule has 1 saturated heterocycles. The van der Waals surface area contributed by atoms with Crippen molar-refractivity contribution in [3.63, 3.8) is 0 Å². The predicted octanol–water partition coefficient (Wildman–Crippen LogP) is 2.18. The summed E-state index contributed by atoms with van der Waals surface area (Å²) in [5.74, 6) is 1.03. The molecule has 1 aliphatic heterocycles. The van der Waals surface area contributed by atoms with E-state index in [2.05, 4.69) is 10.6 Å². The third-order valence-electron chi connectivity index (χ3n) is 4.74. The van der Waals surface area contributed by atoms with Crippen molar-refractivity contribution in [3.8, 4) is 0 Å². The molecule has 2 N–H and O–H groups in total. The molecule has 5 heteroatoms. The number of likely N-dealkylation sites (tertiary alicyclic amines) is 1. The number of hydrogen-bond acceptors (Lipinski definition) is 3. The van der Waals surface area contributed by atoms with Gasteiger partial charge in [0.2, 0.25) is 11.8 Å². The van der Waals surface area contributed by atoms with Gasteiger partial charge in [0, 0.05) is 25.2 Å². The molecule has 0 radical (unpaired) electrons. The molecule has 0 bridgehead atoms. The number of amides is 2. The SMILES string of the molecule is O=C(CNCC1CC1)Nc1ccc(CCC(=O)N2CCCC2)cc1. The largest absolute Gasteiger partial charge is 0.343 e. The Hall–Kier alpha value is -1.88. The summed E-state index contributed by atoms with van der Waals surface area (Å²) in [6.45, 7) is 3.14. The van der Waals surface area contributed by atoms with Gasteiger partial charge in [-0.15, -0.1) is 0 Å². The van der Waals surface area contributed by atoms with Gasteiger partial charge in [-0.05, 0) is 62.3 Å². The second-order valence-corrected chi connectivity index (χ2v) is 6.91. The van der Waals surface area contributed by atoms with Crippen LogP contribution in [0, 0.1) is 5.92 Å². The van der Waals surface area contributed by atoms with Crippen molar-refractivity contribution in [1.82, 2.24) is 10.2 Å². The Balaban J connectivity index is 1.37. The van der Waals surface area contributed by atoms with Crippen LogP contribution in [0.25, 0.3) is 0 Å². The number of nitrogens with zero attached hydrogens (tertiary/aromatic N) is 1.